The largest absolute Gasteiger partial charge is 0.384 e. The van der Waals surface area contributed by atoms with E-state index in [1.165, 1.54) is 11.3 Å². The van der Waals surface area contributed by atoms with E-state index in [0.29, 0.717) is 15.2 Å². The molecule has 0 amide bonds. The van der Waals surface area contributed by atoms with Gasteiger partial charge in [0, 0.05) is 41.8 Å². The highest BCUT2D eigenvalue weighted by atomic mass is 35.5. The topological polar surface area (TPSA) is 59.4 Å². The van der Waals surface area contributed by atoms with Crippen LogP contribution in [-0.4, -0.2) is 53.8 Å². The van der Waals surface area contributed by atoms with Gasteiger partial charge in [-0.15, -0.1) is 11.3 Å². The molecule has 3 heterocycles. The van der Waals surface area contributed by atoms with E-state index < -0.39 is 0 Å². The number of morpholine rings is 1. The zero-order chi connectivity index (χ0) is 21.9. The molecule has 5 rings (SSSR count). The maximum absolute atomic E-state index is 13.1. The number of ether oxygens (including phenoxy) is 1. The van der Waals surface area contributed by atoms with Gasteiger partial charge in [-0.1, -0.05) is 23.7 Å². The zero-order valence-electron chi connectivity index (χ0n) is 17.5. The second-order valence-electron chi connectivity index (χ2n) is 7.68. The summed E-state index contributed by atoms with van der Waals surface area (Å²) in [5.74, 6) is 0. The minimum atomic E-state index is -0.0618. The van der Waals surface area contributed by atoms with Crippen molar-refractivity contribution in [3.05, 3.63) is 76.3 Å². The van der Waals surface area contributed by atoms with Crippen LogP contribution in [0.4, 0.5) is 5.69 Å². The minimum absolute atomic E-state index is 0.0618. The van der Waals surface area contributed by atoms with Crippen LogP contribution in [0.15, 0.2) is 65.7 Å². The molecule has 0 radical (unpaired) electrons. The van der Waals surface area contributed by atoms with E-state index in [-0.39, 0.29) is 5.56 Å². The molecule has 0 bridgehead atoms. The van der Waals surface area contributed by atoms with Crippen molar-refractivity contribution in [2.45, 2.75) is 0 Å². The molecule has 0 spiro atoms. The number of aromatic nitrogens is 2. The maximum atomic E-state index is 13.1. The van der Waals surface area contributed by atoms with Crippen LogP contribution >= 0.6 is 22.9 Å². The van der Waals surface area contributed by atoms with E-state index in [2.05, 4.69) is 15.2 Å². The van der Waals surface area contributed by atoms with Gasteiger partial charge in [-0.25, -0.2) is 4.98 Å². The van der Waals surface area contributed by atoms with Gasteiger partial charge in [-0.3, -0.25) is 14.3 Å². The summed E-state index contributed by atoms with van der Waals surface area (Å²) < 4.78 is 7.63. The molecular formula is C24H23ClN4O2S. The molecule has 1 aliphatic heterocycles. The van der Waals surface area contributed by atoms with Crippen LogP contribution in [0.25, 0.3) is 26.3 Å². The fourth-order valence-electron chi connectivity index (χ4n) is 3.78. The molecule has 0 aliphatic carbocycles. The average molecular weight is 467 g/mol. The molecule has 32 heavy (non-hydrogen) atoms. The molecule has 1 fully saturated rings. The summed E-state index contributed by atoms with van der Waals surface area (Å²) in [5.41, 5.74) is 3.50. The van der Waals surface area contributed by atoms with Crippen molar-refractivity contribution in [3.8, 4) is 16.1 Å². The van der Waals surface area contributed by atoms with Gasteiger partial charge < -0.3 is 10.1 Å². The monoisotopic (exact) mass is 466 g/mol. The lowest BCUT2D eigenvalue weighted by Gasteiger charge is -2.26. The van der Waals surface area contributed by atoms with Gasteiger partial charge in [0.15, 0.2) is 0 Å². The third-order valence-corrected chi connectivity index (χ3v) is 6.99. The van der Waals surface area contributed by atoms with E-state index in [0.717, 1.165) is 61.2 Å². The Kier molecular flexibility index (Phi) is 6.23. The number of benzene rings is 2. The number of halogens is 1. The Hall–Kier alpha value is -2.71. The molecule has 0 atom stereocenters. The SMILES string of the molecule is O=c1c2sc(-c3ccc(Cl)cc3)cc2ncn1-c1ccc(NCCN2CCOCC2)cc1. The molecular weight excluding hydrogens is 444 g/mol. The Bertz CT molecular complexity index is 1260. The minimum Gasteiger partial charge on any atom is -0.384 e. The van der Waals surface area contributed by atoms with Crippen LogP contribution < -0.4 is 10.9 Å². The molecule has 6 nitrogen and oxygen atoms in total. The van der Waals surface area contributed by atoms with E-state index in [4.69, 9.17) is 16.3 Å². The molecule has 2 aromatic carbocycles. The van der Waals surface area contributed by atoms with E-state index >= 15 is 0 Å². The first-order valence-corrected chi connectivity index (χ1v) is 11.8. The van der Waals surface area contributed by atoms with Crippen molar-refractivity contribution in [2.24, 2.45) is 0 Å². The van der Waals surface area contributed by atoms with Crippen LogP contribution in [0.3, 0.4) is 0 Å². The molecule has 1 saturated heterocycles. The predicted molar refractivity (Wildman–Crippen MR) is 131 cm³/mol. The lowest BCUT2D eigenvalue weighted by molar-refractivity contribution is 0.0398. The molecule has 1 N–H and O–H groups in total. The van der Waals surface area contributed by atoms with Crippen LogP contribution in [0.2, 0.25) is 5.02 Å². The molecule has 4 aromatic rings. The Morgan fingerprint density at radius 3 is 2.56 bits per heavy atom. The summed E-state index contributed by atoms with van der Waals surface area (Å²) in [5, 5.41) is 4.14. The summed E-state index contributed by atoms with van der Waals surface area (Å²) in [4.78, 5) is 21.1. The molecule has 2 aromatic heterocycles. The van der Waals surface area contributed by atoms with Crippen LogP contribution in [0.1, 0.15) is 0 Å². The number of hydrogen-bond donors (Lipinski definition) is 1. The molecule has 164 valence electrons. The van der Waals surface area contributed by atoms with Gasteiger partial charge in [0.1, 0.15) is 11.0 Å². The number of rotatable bonds is 6. The van der Waals surface area contributed by atoms with Crippen LogP contribution in [0, 0.1) is 0 Å². The number of nitrogens with one attached hydrogen (secondary N) is 1. The second-order valence-corrected chi connectivity index (χ2v) is 9.17. The Morgan fingerprint density at radius 1 is 1.06 bits per heavy atom. The van der Waals surface area contributed by atoms with Crippen molar-refractivity contribution >= 4 is 38.8 Å². The molecule has 1 aliphatic rings. The van der Waals surface area contributed by atoms with E-state index in [9.17, 15) is 4.79 Å². The predicted octanol–water partition coefficient (Wildman–Crippen LogP) is 4.51. The summed E-state index contributed by atoms with van der Waals surface area (Å²) in [6.45, 7) is 5.46. The van der Waals surface area contributed by atoms with Gasteiger partial charge in [-0.2, -0.15) is 0 Å². The smallest absolute Gasteiger partial charge is 0.275 e. The first-order valence-electron chi connectivity index (χ1n) is 10.6. The Labute approximate surface area is 195 Å². The van der Waals surface area contributed by atoms with Crippen molar-refractivity contribution in [1.82, 2.24) is 14.5 Å². The quantitative estimate of drug-likeness (QED) is 0.453. The Morgan fingerprint density at radius 2 is 1.81 bits per heavy atom. The summed E-state index contributed by atoms with van der Waals surface area (Å²) in [7, 11) is 0. The van der Waals surface area contributed by atoms with Crippen molar-refractivity contribution in [2.75, 3.05) is 44.7 Å². The molecule has 0 unspecified atom stereocenters. The highest BCUT2D eigenvalue weighted by molar-refractivity contribution is 7.22. The van der Waals surface area contributed by atoms with Crippen LogP contribution in [-0.2, 0) is 4.74 Å². The van der Waals surface area contributed by atoms with E-state index in [1.807, 2.05) is 54.6 Å². The highest BCUT2D eigenvalue weighted by Gasteiger charge is 2.12. The fraction of sp³-hybridized carbons (Fsp3) is 0.250. The average Bonchev–Trinajstić information content (AvgIpc) is 3.27. The maximum Gasteiger partial charge on any atom is 0.275 e. The lowest BCUT2D eigenvalue weighted by Crippen LogP contribution is -2.38. The molecule has 0 saturated carbocycles. The van der Waals surface area contributed by atoms with Gasteiger partial charge in [0.2, 0.25) is 0 Å². The first-order chi connectivity index (χ1) is 15.7. The van der Waals surface area contributed by atoms with Crippen LogP contribution in [0.5, 0.6) is 0 Å². The van der Waals surface area contributed by atoms with Gasteiger partial charge >= 0.3 is 0 Å². The van der Waals surface area contributed by atoms with Crippen molar-refractivity contribution < 1.29 is 4.74 Å². The lowest BCUT2D eigenvalue weighted by atomic mass is 10.2. The Balaban J connectivity index is 1.32. The zero-order valence-corrected chi connectivity index (χ0v) is 19.0. The van der Waals surface area contributed by atoms with Gasteiger partial charge in [0.05, 0.1) is 24.4 Å². The normalized spacial score (nSPS) is 14.7. The first kappa shape index (κ1) is 21.2. The number of thiophene rings is 1. The van der Waals surface area contributed by atoms with Gasteiger partial charge in [-0.05, 0) is 48.0 Å². The number of fused-ring (bicyclic) bond motifs is 1. The van der Waals surface area contributed by atoms with Gasteiger partial charge in [0.25, 0.3) is 5.56 Å². The third kappa shape index (κ3) is 4.56. The van der Waals surface area contributed by atoms with Crippen molar-refractivity contribution in [3.63, 3.8) is 0 Å². The third-order valence-electron chi connectivity index (χ3n) is 5.57. The second kappa shape index (κ2) is 9.42. The summed E-state index contributed by atoms with van der Waals surface area (Å²) >= 11 is 7.45. The number of hydrogen-bond acceptors (Lipinski definition) is 6. The van der Waals surface area contributed by atoms with E-state index in [1.54, 1.807) is 10.9 Å². The number of anilines is 1. The number of nitrogens with zero attached hydrogens (tertiary/aromatic N) is 3. The summed E-state index contributed by atoms with van der Waals surface area (Å²) in [6.07, 6.45) is 1.60. The molecule has 8 heteroatoms. The highest BCUT2D eigenvalue weighted by Crippen LogP contribution is 2.31. The fourth-order valence-corrected chi connectivity index (χ4v) is 4.95. The standard InChI is InChI=1S/C24H23ClN4O2S/c25-18-3-1-17(2-4-18)22-15-21-23(32-22)24(30)29(16-27-21)20-7-5-19(6-8-20)26-9-10-28-11-13-31-14-12-28/h1-8,15-16,26H,9-14H2. The van der Waals surface area contributed by atoms with Crippen molar-refractivity contribution in [1.29, 1.82) is 0 Å². The summed E-state index contributed by atoms with van der Waals surface area (Å²) in [6, 6.07) is 17.5.